The lowest BCUT2D eigenvalue weighted by molar-refractivity contribution is 0.0881. The fraction of sp³-hybridized carbons (Fsp3) is 0.750. The van der Waals surface area contributed by atoms with Crippen LogP contribution >= 0.6 is 0 Å². The molecule has 0 aliphatic carbocycles. The highest BCUT2D eigenvalue weighted by molar-refractivity contribution is 5.08. The molecule has 0 heterocycles. The third-order valence-electron chi connectivity index (χ3n) is 7.88. The van der Waals surface area contributed by atoms with Gasteiger partial charge < -0.3 is 5.73 Å². The Bertz CT molecular complexity index is 590. The van der Waals surface area contributed by atoms with Crippen LogP contribution in [0.5, 0.6) is 0 Å². The molecular weight excluding hydrogens is 350 g/mol. The average Bonchev–Trinajstić information content (AvgIpc) is 2.60. The van der Waals surface area contributed by atoms with Gasteiger partial charge in [-0.25, -0.2) is 0 Å². The first-order chi connectivity index (χ1) is 13.0. The normalized spacial score (nSPS) is 18.6. The molecule has 0 aliphatic heterocycles. The SMILES string of the molecule is C=C=CCC(C)(CC)C(C)(C)C/C=C/CC(C)(C)C(C)(N)C(C=C)CC(C)(C)C. The molecule has 0 aromatic heterocycles. The van der Waals surface area contributed by atoms with Gasteiger partial charge in [-0.15, -0.1) is 12.3 Å². The van der Waals surface area contributed by atoms with Crippen molar-refractivity contribution in [3.05, 3.63) is 43.2 Å². The lowest BCUT2D eigenvalue weighted by atomic mass is 9.61. The number of hydrogen-bond acceptors (Lipinski definition) is 1. The predicted octanol–water partition coefficient (Wildman–Crippen LogP) is 8.48. The van der Waals surface area contributed by atoms with Gasteiger partial charge in [-0.1, -0.05) is 87.1 Å². The van der Waals surface area contributed by atoms with Crippen LogP contribution in [0.3, 0.4) is 0 Å². The minimum absolute atomic E-state index is 0.0165. The van der Waals surface area contributed by atoms with E-state index in [-0.39, 0.29) is 33.1 Å². The first-order valence-electron chi connectivity index (χ1n) is 11.4. The minimum atomic E-state index is -0.311. The van der Waals surface area contributed by atoms with Gasteiger partial charge in [-0.05, 0) is 72.7 Å². The zero-order chi connectivity index (χ0) is 23.1. The van der Waals surface area contributed by atoms with E-state index in [1.54, 1.807) is 0 Å². The standard InChI is InChI=1S/C28H51N/c1-13-16-21-27(11,15-3)25(7,8)19-17-18-20-26(9,10)28(12,29)23(14-2)22-24(4,5)6/h14,16-18,23H,1-2,15,19-22,29H2,3-12H3/b18-17+. The maximum absolute atomic E-state index is 6.95. The van der Waals surface area contributed by atoms with Gasteiger partial charge in [0.2, 0.25) is 0 Å². The minimum Gasteiger partial charge on any atom is -0.324 e. The molecule has 2 N–H and O–H groups in total. The average molecular weight is 402 g/mol. The first kappa shape index (κ1) is 28.0. The first-order valence-corrected chi connectivity index (χ1v) is 11.4. The lowest BCUT2D eigenvalue weighted by Crippen LogP contribution is -2.55. The van der Waals surface area contributed by atoms with E-state index < -0.39 is 0 Å². The van der Waals surface area contributed by atoms with E-state index in [1.807, 2.05) is 0 Å². The topological polar surface area (TPSA) is 26.0 Å². The monoisotopic (exact) mass is 401 g/mol. The van der Waals surface area contributed by atoms with Crippen LogP contribution in [0.25, 0.3) is 0 Å². The van der Waals surface area contributed by atoms with E-state index in [0.29, 0.717) is 0 Å². The maximum Gasteiger partial charge on any atom is 0.0244 e. The summed E-state index contributed by atoms with van der Waals surface area (Å²) in [5, 5.41) is 0. The Morgan fingerprint density at radius 2 is 1.34 bits per heavy atom. The second-order valence-corrected chi connectivity index (χ2v) is 12.1. The smallest absolute Gasteiger partial charge is 0.0244 e. The number of allylic oxidation sites excluding steroid dienone is 3. The second kappa shape index (κ2) is 10.3. The quantitative estimate of drug-likeness (QED) is 0.257. The summed E-state index contributed by atoms with van der Waals surface area (Å²) < 4.78 is 0. The van der Waals surface area contributed by atoms with Gasteiger partial charge in [0.1, 0.15) is 0 Å². The molecule has 3 unspecified atom stereocenters. The molecule has 0 fully saturated rings. The van der Waals surface area contributed by atoms with Crippen LogP contribution in [0, 0.1) is 27.6 Å². The molecule has 0 amide bonds. The summed E-state index contributed by atoms with van der Waals surface area (Å²) in [6, 6.07) is 0. The van der Waals surface area contributed by atoms with Gasteiger partial charge in [0.25, 0.3) is 0 Å². The third kappa shape index (κ3) is 7.62. The van der Waals surface area contributed by atoms with Gasteiger partial charge in [-0.3, -0.25) is 0 Å². The van der Waals surface area contributed by atoms with Crippen molar-refractivity contribution in [1.29, 1.82) is 0 Å². The van der Waals surface area contributed by atoms with Gasteiger partial charge in [0.05, 0.1) is 0 Å². The highest BCUT2D eigenvalue weighted by Crippen LogP contribution is 2.48. The Morgan fingerprint density at radius 3 is 1.72 bits per heavy atom. The van der Waals surface area contributed by atoms with E-state index >= 15 is 0 Å². The zero-order valence-corrected chi connectivity index (χ0v) is 21.4. The van der Waals surface area contributed by atoms with E-state index in [4.69, 9.17) is 5.73 Å². The van der Waals surface area contributed by atoms with Gasteiger partial charge >= 0.3 is 0 Å². The Labute approximate surface area is 183 Å². The summed E-state index contributed by atoms with van der Waals surface area (Å²) in [6.07, 6.45) is 14.1. The molecule has 1 nitrogen and oxygen atoms in total. The van der Waals surface area contributed by atoms with E-state index in [2.05, 4.69) is 112 Å². The number of hydrogen-bond donors (Lipinski definition) is 1. The van der Waals surface area contributed by atoms with Crippen LogP contribution in [0.4, 0.5) is 0 Å². The van der Waals surface area contributed by atoms with E-state index in [9.17, 15) is 0 Å². The highest BCUT2D eigenvalue weighted by atomic mass is 14.8. The third-order valence-corrected chi connectivity index (χ3v) is 7.88. The fourth-order valence-electron chi connectivity index (χ4n) is 4.12. The molecule has 1 heteroatoms. The largest absolute Gasteiger partial charge is 0.324 e. The van der Waals surface area contributed by atoms with Gasteiger partial charge in [-0.2, -0.15) is 0 Å². The molecule has 0 bridgehead atoms. The molecule has 0 aromatic rings. The van der Waals surface area contributed by atoms with Crippen LogP contribution in [-0.2, 0) is 0 Å². The summed E-state index contributed by atoms with van der Waals surface area (Å²) in [5.41, 5.74) is 10.2. The Balaban J connectivity index is 5.29. The zero-order valence-electron chi connectivity index (χ0n) is 21.4. The molecule has 3 atom stereocenters. The van der Waals surface area contributed by atoms with Crippen LogP contribution in [0.2, 0.25) is 0 Å². The fourth-order valence-corrected chi connectivity index (χ4v) is 4.12. The molecule has 0 saturated heterocycles. The molecule has 168 valence electrons. The van der Waals surface area contributed by atoms with E-state index in [0.717, 1.165) is 32.1 Å². The van der Waals surface area contributed by atoms with E-state index in [1.165, 1.54) is 0 Å². The Kier molecular flexibility index (Phi) is 9.95. The molecule has 0 radical (unpaired) electrons. The Morgan fingerprint density at radius 1 is 0.862 bits per heavy atom. The molecule has 29 heavy (non-hydrogen) atoms. The van der Waals surface area contributed by atoms with Crippen molar-refractivity contribution in [3.8, 4) is 0 Å². The predicted molar refractivity (Wildman–Crippen MR) is 133 cm³/mol. The molecule has 0 saturated carbocycles. The Hall–Kier alpha value is -1.04. The van der Waals surface area contributed by atoms with Crippen LogP contribution in [0.15, 0.2) is 43.2 Å². The summed E-state index contributed by atoms with van der Waals surface area (Å²) in [6.45, 7) is 30.9. The van der Waals surface area contributed by atoms with Crippen molar-refractivity contribution >= 4 is 0 Å². The summed E-state index contributed by atoms with van der Waals surface area (Å²) in [7, 11) is 0. The van der Waals surface area contributed by atoms with Crippen molar-refractivity contribution in [1.82, 2.24) is 0 Å². The lowest BCUT2D eigenvalue weighted by Gasteiger charge is -2.47. The molecule has 0 aromatic carbocycles. The number of rotatable bonds is 12. The molecular formula is C28H51N. The van der Waals surface area contributed by atoms with Gasteiger partial charge in [0, 0.05) is 5.54 Å². The van der Waals surface area contributed by atoms with Crippen molar-refractivity contribution in [2.45, 2.75) is 107 Å². The number of nitrogens with two attached hydrogens (primary N) is 1. The summed E-state index contributed by atoms with van der Waals surface area (Å²) in [4.78, 5) is 0. The maximum atomic E-state index is 6.95. The van der Waals surface area contributed by atoms with Crippen LogP contribution in [-0.4, -0.2) is 5.54 Å². The van der Waals surface area contributed by atoms with Gasteiger partial charge in [0.15, 0.2) is 0 Å². The van der Waals surface area contributed by atoms with Crippen molar-refractivity contribution < 1.29 is 0 Å². The summed E-state index contributed by atoms with van der Waals surface area (Å²) in [5.74, 6) is 0.288. The van der Waals surface area contributed by atoms with Crippen molar-refractivity contribution in [3.63, 3.8) is 0 Å². The second-order valence-electron chi connectivity index (χ2n) is 12.1. The summed E-state index contributed by atoms with van der Waals surface area (Å²) >= 11 is 0. The van der Waals surface area contributed by atoms with Crippen molar-refractivity contribution in [2.24, 2.45) is 33.3 Å². The molecule has 0 spiro atoms. The van der Waals surface area contributed by atoms with Crippen LogP contribution in [0.1, 0.15) is 101 Å². The molecule has 0 rings (SSSR count). The highest BCUT2D eigenvalue weighted by Gasteiger charge is 2.43. The van der Waals surface area contributed by atoms with Crippen LogP contribution < -0.4 is 5.73 Å². The molecule has 0 aliphatic rings. The van der Waals surface area contributed by atoms with Crippen molar-refractivity contribution in [2.75, 3.05) is 0 Å².